The molecule has 3 heterocycles. The number of nitrogens with zero attached hydrogens (tertiary/aromatic N) is 4. The number of ether oxygens (including phenoxy) is 1. The molecule has 1 atom stereocenters. The topological polar surface area (TPSA) is 48.9 Å². The van der Waals surface area contributed by atoms with Gasteiger partial charge in [-0.25, -0.2) is 4.98 Å². The number of carbonyl (C=O) groups excluding carboxylic acids is 1. The molecular formula is C18H27ClN4O2. The number of anilines is 1. The van der Waals surface area contributed by atoms with Crippen molar-refractivity contribution in [3.8, 4) is 0 Å². The third-order valence-electron chi connectivity index (χ3n) is 5.61. The van der Waals surface area contributed by atoms with Gasteiger partial charge < -0.3 is 14.5 Å². The molecule has 0 aliphatic carbocycles. The molecular weight excluding hydrogens is 340 g/mol. The summed E-state index contributed by atoms with van der Waals surface area (Å²) in [7, 11) is 3.86. The molecule has 1 amide bonds. The number of amides is 1. The van der Waals surface area contributed by atoms with E-state index in [1.165, 1.54) is 0 Å². The number of piperazine rings is 1. The van der Waals surface area contributed by atoms with Crippen LogP contribution in [0.1, 0.15) is 19.3 Å². The van der Waals surface area contributed by atoms with Crippen molar-refractivity contribution in [3.63, 3.8) is 0 Å². The minimum atomic E-state index is 0.0110. The highest BCUT2D eigenvalue weighted by molar-refractivity contribution is 6.30. The first-order chi connectivity index (χ1) is 12.0. The van der Waals surface area contributed by atoms with Gasteiger partial charge in [0.05, 0.1) is 11.6 Å². The first-order valence-electron chi connectivity index (χ1n) is 8.88. The van der Waals surface area contributed by atoms with Crippen molar-refractivity contribution in [1.29, 1.82) is 0 Å². The quantitative estimate of drug-likeness (QED) is 0.814. The Bertz CT molecular complexity index is 597. The van der Waals surface area contributed by atoms with Gasteiger partial charge in [-0.15, -0.1) is 0 Å². The van der Waals surface area contributed by atoms with Crippen molar-refractivity contribution in [2.45, 2.75) is 24.8 Å². The maximum atomic E-state index is 12.5. The van der Waals surface area contributed by atoms with Gasteiger partial charge in [0.15, 0.2) is 0 Å². The Labute approximate surface area is 154 Å². The van der Waals surface area contributed by atoms with E-state index >= 15 is 0 Å². The Morgan fingerprint density at radius 2 is 2.12 bits per heavy atom. The van der Waals surface area contributed by atoms with Gasteiger partial charge in [0.2, 0.25) is 5.91 Å². The van der Waals surface area contributed by atoms with E-state index in [9.17, 15) is 4.79 Å². The van der Waals surface area contributed by atoms with Crippen molar-refractivity contribution in [2.24, 2.45) is 0 Å². The lowest BCUT2D eigenvalue weighted by atomic mass is 9.86. The van der Waals surface area contributed by atoms with Gasteiger partial charge in [0, 0.05) is 58.0 Å². The fourth-order valence-corrected chi connectivity index (χ4v) is 3.99. The summed E-state index contributed by atoms with van der Waals surface area (Å²) < 4.78 is 5.14. The van der Waals surface area contributed by atoms with Crippen LogP contribution in [0.15, 0.2) is 18.3 Å². The van der Waals surface area contributed by atoms with Crippen molar-refractivity contribution in [3.05, 3.63) is 23.4 Å². The summed E-state index contributed by atoms with van der Waals surface area (Å²) in [6.45, 7) is 4.86. The molecule has 1 aromatic heterocycles. The van der Waals surface area contributed by atoms with Crippen LogP contribution in [0.25, 0.3) is 0 Å². The van der Waals surface area contributed by atoms with E-state index in [1.54, 1.807) is 13.3 Å². The Kier molecular flexibility index (Phi) is 5.81. The van der Waals surface area contributed by atoms with E-state index in [1.807, 2.05) is 17.0 Å². The summed E-state index contributed by atoms with van der Waals surface area (Å²) in [5.41, 5.74) is 0.0110. The molecule has 0 bridgehead atoms. The zero-order valence-corrected chi connectivity index (χ0v) is 15.8. The number of methoxy groups -OCH3 is 1. The average molecular weight is 367 g/mol. The normalized spacial score (nSPS) is 25.5. The first kappa shape index (κ1) is 18.4. The van der Waals surface area contributed by atoms with Gasteiger partial charge in [-0.05, 0) is 32.0 Å². The van der Waals surface area contributed by atoms with Crippen LogP contribution in [-0.4, -0.2) is 79.7 Å². The molecule has 1 spiro atoms. The van der Waals surface area contributed by atoms with Gasteiger partial charge in [0.25, 0.3) is 0 Å². The molecule has 7 heteroatoms. The van der Waals surface area contributed by atoms with Crippen LogP contribution in [0.4, 0.5) is 5.82 Å². The molecule has 0 radical (unpaired) electrons. The minimum absolute atomic E-state index is 0.0110. The molecule has 2 aliphatic rings. The smallest absolute Gasteiger partial charge is 0.222 e. The number of pyridine rings is 1. The van der Waals surface area contributed by atoms with Crippen LogP contribution in [0, 0.1) is 0 Å². The number of halogens is 1. The van der Waals surface area contributed by atoms with Gasteiger partial charge in [-0.1, -0.05) is 11.6 Å². The molecule has 138 valence electrons. The fourth-order valence-electron chi connectivity index (χ4n) is 3.88. The maximum absolute atomic E-state index is 12.5. The first-order valence-corrected chi connectivity index (χ1v) is 9.26. The largest absolute Gasteiger partial charge is 0.383 e. The highest BCUT2D eigenvalue weighted by atomic mass is 35.5. The number of hydrogen-bond acceptors (Lipinski definition) is 5. The van der Waals surface area contributed by atoms with Gasteiger partial charge in [0.1, 0.15) is 5.82 Å². The zero-order valence-electron chi connectivity index (χ0n) is 15.1. The predicted octanol–water partition coefficient (Wildman–Crippen LogP) is 1.88. The number of rotatable bonds is 4. The minimum Gasteiger partial charge on any atom is -0.383 e. The Hall–Kier alpha value is -1.37. The monoisotopic (exact) mass is 366 g/mol. The van der Waals surface area contributed by atoms with Crippen LogP contribution in [-0.2, 0) is 9.53 Å². The number of likely N-dealkylation sites (N-methyl/N-ethyl adjacent to an activating group) is 1. The summed E-state index contributed by atoms with van der Waals surface area (Å²) >= 11 is 5.97. The van der Waals surface area contributed by atoms with E-state index in [2.05, 4.69) is 21.8 Å². The van der Waals surface area contributed by atoms with Gasteiger partial charge in [-0.3, -0.25) is 9.69 Å². The van der Waals surface area contributed by atoms with Crippen LogP contribution in [0.2, 0.25) is 5.02 Å². The van der Waals surface area contributed by atoms with Crippen molar-refractivity contribution in [1.82, 2.24) is 14.8 Å². The van der Waals surface area contributed by atoms with Crippen LogP contribution < -0.4 is 4.90 Å². The molecule has 0 aromatic carbocycles. The number of hydrogen-bond donors (Lipinski definition) is 0. The lowest BCUT2D eigenvalue weighted by Crippen LogP contribution is -2.61. The Morgan fingerprint density at radius 1 is 1.28 bits per heavy atom. The van der Waals surface area contributed by atoms with Gasteiger partial charge >= 0.3 is 0 Å². The molecule has 1 unspecified atom stereocenters. The molecule has 6 nitrogen and oxygen atoms in total. The van der Waals surface area contributed by atoms with E-state index < -0.39 is 0 Å². The SMILES string of the molecule is COCCN1CCC2(CCC1=O)CN(c1ccc(Cl)cn1)CCN2C. The van der Waals surface area contributed by atoms with Crippen molar-refractivity contribution in [2.75, 3.05) is 58.4 Å². The van der Waals surface area contributed by atoms with Crippen LogP contribution in [0.5, 0.6) is 0 Å². The second-order valence-corrected chi connectivity index (χ2v) is 7.46. The Balaban J connectivity index is 1.74. The standard InChI is InChI=1S/C18H27ClN4O2/c1-21-9-10-23(16-4-3-15(19)13-20-16)14-18(21)6-5-17(24)22(8-7-18)11-12-25-2/h3-4,13H,5-12,14H2,1-2H3. The third kappa shape index (κ3) is 4.07. The second kappa shape index (κ2) is 7.89. The fraction of sp³-hybridized carbons (Fsp3) is 0.667. The lowest BCUT2D eigenvalue weighted by Gasteiger charge is -2.49. The molecule has 2 saturated heterocycles. The molecule has 3 rings (SSSR count). The zero-order chi connectivity index (χ0) is 17.9. The molecule has 1 aromatic rings. The predicted molar refractivity (Wildman–Crippen MR) is 99.1 cm³/mol. The molecule has 0 saturated carbocycles. The summed E-state index contributed by atoms with van der Waals surface area (Å²) in [6.07, 6.45) is 4.15. The van der Waals surface area contributed by atoms with Gasteiger partial charge in [-0.2, -0.15) is 0 Å². The highest BCUT2D eigenvalue weighted by Crippen LogP contribution is 2.33. The Morgan fingerprint density at radius 3 is 2.84 bits per heavy atom. The summed E-state index contributed by atoms with van der Waals surface area (Å²) in [4.78, 5) is 23.6. The molecule has 0 N–H and O–H groups in total. The second-order valence-electron chi connectivity index (χ2n) is 7.03. The third-order valence-corrected chi connectivity index (χ3v) is 5.83. The summed E-state index contributed by atoms with van der Waals surface area (Å²) in [5.74, 6) is 1.20. The van der Waals surface area contributed by atoms with Crippen molar-refractivity contribution < 1.29 is 9.53 Å². The maximum Gasteiger partial charge on any atom is 0.222 e. The van der Waals surface area contributed by atoms with E-state index in [0.29, 0.717) is 24.6 Å². The average Bonchev–Trinajstić information content (AvgIpc) is 2.77. The van der Waals surface area contributed by atoms with E-state index in [0.717, 1.165) is 44.8 Å². The lowest BCUT2D eigenvalue weighted by molar-refractivity contribution is -0.131. The van der Waals surface area contributed by atoms with E-state index in [4.69, 9.17) is 16.3 Å². The molecule has 2 aliphatic heterocycles. The number of carbonyl (C=O) groups is 1. The number of aromatic nitrogens is 1. The van der Waals surface area contributed by atoms with Crippen LogP contribution >= 0.6 is 11.6 Å². The number of likely N-dealkylation sites (tertiary alicyclic amines) is 1. The summed E-state index contributed by atoms with van der Waals surface area (Å²) in [5, 5.41) is 0.654. The highest BCUT2D eigenvalue weighted by Gasteiger charge is 2.42. The summed E-state index contributed by atoms with van der Waals surface area (Å²) in [6, 6.07) is 3.87. The van der Waals surface area contributed by atoms with Crippen LogP contribution in [0.3, 0.4) is 0 Å². The van der Waals surface area contributed by atoms with E-state index in [-0.39, 0.29) is 11.4 Å². The molecule has 25 heavy (non-hydrogen) atoms. The van der Waals surface area contributed by atoms with Crippen molar-refractivity contribution >= 4 is 23.3 Å². The molecule has 2 fully saturated rings.